The zero-order valence-electron chi connectivity index (χ0n) is 12.2. The summed E-state index contributed by atoms with van der Waals surface area (Å²) in [6.07, 6.45) is 2.40. The Balaban J connectivity index is 3.31. The summed E-state index contributed by atoms with van der Waals surface area (Å²) in [6, 6.07) is 4.04. The number of aryl methyl sites for hydroxylation is 3. The van der Waals surface area contributed by atoms with E-state index in [1.54, 1.807) is 6.92 Å². The number of hydrogen-bond donors (Lipinski definition) is 0. The van der Waals surface area contributed by atoms with Crippen molar-refractivity contribution in [3.05, 3.63) is 34.4 Å². The van der Waals surface area contributed by atoms with Crippen molar-refractivity contribution in [1.29, 1.82) is 0 Å². The predicted molar refractivity (Wildman–Crippen MR) is 75.5 cm³/mol. The van der Waals surface area contributed by atoms with E-state index in [0.29, 0.717) is 5.56 Å². The van der Waals surface area contributed by atoms with Crippen LogP contribution in [0.4, 0.5) is 0 Å². The van der Waals surface area contributed by atoms with Crippen LogP contribution in [-0.2, 0) is 28.8 Å². The van der Waals surface area contributed by atoms with Crippen LogP contribution in [0.5, 0.6) is 0 Å². The molecule has 0 aromatic heterocycles. The number of ketones is 1. The molecule has 0 radical (unpaired) electrons. The summed E-state index contributed by atoms with van der Waals surface area (Å²) in [6.45, 7) is 8.00. The molecule has 0 saturated heterocycles. The third-order valence-corrected chi connectivity index (χ3v) is 3.22. The average Bonchev–Trinajstić information content (AvgIpc) is 2.44. The molecule has 3 heteroatoms. The van der Waals surface area contributed by atoms with Gasteiger partial charge >= 0.3 is 5.97 Å². The van der Waals surface area contributed by atoms with Gasteiger partial charge in [-0.3, -0.25) is 4.79 Å². The van der Waals surface area contributed by atoms with E-state index in [-0.39, 0.29) is 6.61 Å². The monoisotopic (exact) mass is 262 g/mol. The minimum absolute atomic E-state index is 0.223. The highest BCUT2D eigenvalue weighted by Gasteiger charge is 2.23. The van der Waals surface area contributed by atoms with E-state index < -0.39 is 11.8 Å². The summed E-state index contributed by atoms with van der Waals surface area (Å²) < 4.78 is 4.83. The molecule has 1 aromatic carbocycles. The quantitative estimate of drug-likeness (QED) is 0.449. The molecule has 1 rings (SSSR count). The van der Waals surface area contributed by atoms with Gasteiger partial charge in [0.2, 0.25) is 0 Å². The maximum Gasteiger partial charge on any atom is 0.379 e. The highest BCUT2D eigenvalue weighted by molar-refractivity contribution is 6.41. The minimum atomic E-state index is -0.754. The molecule has 0 saturated carbocycles. The van der Waals surface area contributed by atoms with Crippen molar-refractivity contribution in [1.82, 2.24) is 0 Å². The molecule has 0 amide bonds. The second-order valence-electron chi connectivity index (χ2n) is 4.40. The summed E-state index contributed by atoms with van der Waals surface area (Å²) in [5, 5.41) is 0. The molecule has 0 unspecified atom stereocenters. The van der Waals surface area contributed by atoms with Gasteiger partial charge in [-0.05, 0) is 42.9 Å². The van der Waals surface area contributed by atoms with Gasteiger partial charge in [0, 0.05) is 5.56 Å². The summed E-state index contributed by atoms with van der Waals surface area (Å²) in [5.41, 5.74) is 3.62. The van der Waals surface area contributed by atoms with Crippen molar-refractivity contribution in [2.24, 2.45) is 0 Å². The zero-order valence-corrected chi connectivity index (χ0v) is 12.2. The lowest BCUT2D eigenvalue weighted by molar-refractivity contribution is -0.137. The number of Topliss-reactive ketones (excluding diaryl/α,β-unsaturated/α-hetero) is 1. The van der Waals surface area contributed by atoms with Crippen LogP contribution >= 0.6 is 0 Å². The lowest BCUT2D eigenvalue weighted by Crippen LogP contribution is -2.21. The Morgan fingerprint density at radius 3 is 1.84 bits per heavy atom. The van der Waals surface area contributed by atoms with Gasteiger partial charge < -0.3 is 4.74 Å². The number of benzene rings is 1. The Labute approximate surface area is 115 Å². The molecule has 0 N–H and O–H groups in total. The second-order valence-corrected chi connectivity index (χ2v) is 4.40. The highest BCUT2D eigenvalue weighted by Crippen LogP contribution is 2.21. The fraction of sp³-hybridized carbons (Fsp3) is 0.500. The van der Waals surface area contributed by atoms with Crippen LogP contribution in [0.3, 0.4) is 0 Å². The van der Waals surface area contributed by atoms with Gasteiger partial charge in [0.25, 0.3) is 5.78 Å². The fourth-order valence-corrected chi connectivity index (χ4v) is 2.19. The third-order valence-electron chi connectivity index (χ3n) is 3.22. The maximum absolute atomic E-state index is 12.2. The van der Waals surface area contributed by atoms with Crippen LogP contribution in [-0.4, -0.2) is 18.4 Å². The first-order valence-electron chi connectivity index (χ1n) is 6.94. The molecular formula is C16H22O3. The Morgan fingerprint density at radius 2 is 1.47 bits per heavy atom. The minimum Gasteiger partial charge on any atom is -0.460 e. The molecule has 0 bridgehead atoms. The van der Waals surface area contributed by atoms with Gasteiger partial charge in [-0.2, -0.15) is 0 Å². The molecule has 104 valence electrons. The summed E-state index contributed by atoms with van der Waals surface area (Å²) in [4.78, 5) is 23.9. The van der Waals surface area contributed by atoms with Crippen LogP contribution in [0, 0.1) is 0 Å². The van der Waals surface area contributed by atoms with Crippen LogP contribution in [0.25, 0.3) is 0 Å². The van der Waals surface area contributed by atoms with Crippen LogP contribution in [0.2, 0.25) is 0 Å². The average molecular weight is 262 g/mol. The van der Waals surface area contributed by atoms with Gasteiger partial charge in [-0.1, -0.05) is 32.9 Å². The molecule has 0 aliphatic carbocycles. The van der Waals surface area contributed by atoms with Crippen LogP contribution in [0.15, 0.2) is 12.1 Å². The molecule has 0 heterocycles. The summed E-state index contributed by atoms with van der Waals surface area (Å²) in [5.74, 6) is -1.27. The van der Waals surface area contributed by atoms with E-state index in [0.717, 1.165) is 30.4 Å². The van der Waals surface area contributed by atoms with E-state index in [2.05, 4.69) is 6.92 Å². The molecule has 0 spiro atoms. The standard InChI is InChI=1S/C16H22O3/c1-5-11-9-12(6-2)14(13(7-3)10-11)15(17)16(18)19-8-4/h9-10H,5-8H2,1-4H3. The smallest absolute Gasteiger partial charge is 0.379 e. The van der Waals surface area contributed by atoms with Crippen molar-refractivity contribution >= 4 is 11.8 Å². The molecule has 0 aliphatic rings. The van der Waals surface area contributed by atoms with Gasteiger partial charge in [0.05, 0.1) is 6.61 Å². The van der Waals surface area contributed by atoms with E-state index in [1.807, 2.05) is 26.0 Å². The summed E-state index contributed by atoms with van der Waals surface area (Å²) >= 11 is 0. The lowest BCUT2D eigenvalue weighted by atomic mass is 9.91. The number of ether oxygens (including phenoxy) is 1. The first-order valence-corrected chi connectivity index (χ1v) is 6.94. The van der Waals surface area contributed by atoms with Gasteiger partial charge in [-0.25, -0.2) is 4.79 Å². The van der Waals surface area contributed by atoms with Crippen LogP contribution in [0.1, 0.15) is 54.7 Å². The molecule has 3 nitrogen and oxygen atoms in total. The normalized spacial score (nSPS) is 10.3. The first-order chi connectivity index (χ1) is 9.08. The highest BCUT2D eigenvalue weighted by atomic mass is 16.5. The third kappa shape index (κ3) is 3.43. The van der Waals surface area contributed by atoms with Gasteiger partial charge in [-0.15, -0.1) is 0 Å². The van der Waals surface area contributed by atoms with E-state index in [9.17, 15) is 9.59 Å². The van der Waals surface area contributed by atoms with Gasteiger partial charge in [0.1, 0.15) is 0 Å². The van der Waals surface area contributed by atoms with E-state index >= 15 is 0 Å². The Hall–Kier alpha value is -1.64. The molecule has 0 atom stereocenters. The van der Waals surface area contributed by atoms with Crippen LogP contribution < -0.4 is 0 Å². The number of esters is 1. The van der Waals surface area contributed by atoms with Gasteiger partial charge in [0.15, 0.2) is 0 Å². The molecular weight excluding hydrogens is 240 g/mol. The number of hydrogen-bond acceptors (Lipinski definition) is 3. The molecule has 0 fully saturated rings. The molecule has 19 heavy (non-hydrogen) atoms. The van der Waals surface area contributed by atoms with E-state index in [4.69, 9.17) is 4.74 Å². The first kappa shape index (κ1) is 15.4. The Kier molecular flexibility index (Phi) is 5.74. The SMILES string of the molecule is CCOC(=O)C(=O)c1c(CC)cc(CC)cc1CC. The maximum atomic E-state index is 12.2. The van der Waals surface area contributed by atoms with Crippen molar-refractivity contribution < 1.29 is 14.3 Å². The number of rotatable bonds is 6. The number of carbonyl (C=O) groups excluding carboxylic acids is 2. The molecule has 0 aliphatic heterocycles. The fourth-order valence-electron chi connectivity index (χ4n) is 2.19. The Bertz CT molecular complexity index is 450. The second kappa shape index (κ2) is 7.07. The van der Waals surface area contributed by atoms with Crippen molar-refractivity contribution in [2.75, 3.05) is 6.61 Å². The Morgan fingerprint density at radius 1 is 0.947 bits per heavy atom. The zero-order chi connectivity index (χ0) is 14.4. The topological polar surface area (TPSA) is 43.4 Å². The summed E-state index contributed by atoms with van der Waals surface area (Å²) in [7, 11) is 0. The number of carbonyl (C=O) groups is 2. The molecule has 1 aromatic rings. The lowest BCUT2D eigenvalue weighted by Gasteiger charge is -2.13. The van der Waals surface area contributed by atoms with Crippen molar-refractivity contribution in [2.45, 2.75) is 47.0 Å². The largest absolute Gasteiger partial charge is 0.460 e. The van der Waals surface area contributed by atoms with E-state index in [1.165, 1.54) is 5.56 Å². The van der Waals surface area contributed by atoms with Crippen molar-refractivity contribution in [3.8, 4) is 0 Å². The van der Waals surface area contributed by atoms with Crippen molar-refractivity contribution in [3.63, 3.8) is 0 Å². The predicted octanol–water partition coefficient (Wildman–Crippen LogP) is 3.12.